The quantitative estimate of drug-likeness (QED) is 0.707. The summed E-state index contributed by atoms with van der Waals surface area (Å²) in [4.78, 5) is 0.262. The van der Waals surface area contributed by atoms with Crippen LogP contribution in [0, 0.1) is 5.21 Å². The van der Waals surface area contributed by atoms with Gasteiger partial charge in [-0.25, -0.2) is 0 Å². The van der Waals surface area contributed by atoms with E-state index in [1.807, 2.05) is 0 Å². The Balaban J connectivity index is 2.47. The number of benzene rings is 1. The van der Waals surface area contributed by atoms with Crippen LogP contribution in [0.1, 0.15) is 0 Å². The summed E-state index contributed by atoms with van der Waals surface area (Å²) < 4.78 is 4.32. The second kappa shape index (κ2) is 3.48. The summed E-state index contributed by atoms with van der Waals surface area (Å²) in [7, 11) is 0. The molecule has 0 fully saturated rings. The highest BCUT2D eigenvalue weighted by atomic mass is 35.5. The first-order valence-electron chi connectivity index (χ1n) is 3.68. The fourth-order valence-corrected chi connectivity index (χ4v) is 1.31. The molecular formula is C8H4Cl2N2O2. The van der Waals surface area contributed by atoms with Crippen molar-refractivity contribution in [3.63, 3.8) is 0 Å². The van der Waals surface area contributed by atoms with Crippen LogP contribution in [0.2, 0.25) is 10.0 Å². The highest BCUT2D eigenvalue weighted by Crippen LogP contribution is 2.26. The summed E-state index contributed by atoms with van der Waals surface area (Å²) in [5, 5.41) is 15.0. The van der Waals surface area contributed by atoms with E-state index in [9.17, 15) is 5.21 Å². The molecular weight excluding hydrogens is 227 g/mol. The van der Waals surface area contributed by atoms with Crippen molar-refractivity contribution in [2.45, 2.75) is 0 Å². The third kappa shape index (κ3) is 1.66. The lowest BCUT2D eigenvalue weighted by atomic mass is 10.2. The molecule has 0 atom stereocenters. The first kappa shape index (κ1) is 9.30. The van der Waals surface area contributed by atoms with Crippen LogP contribution in [0.15, 0.2) is 29.0 Å². The van der Waals surface area contributed by atoms with E-state index in [0.717, 1.165) is 0 Å². The Morgan fingerprint density at radius 1 is 1.29 bits per heavy atom. The molecule has 2 rings (SSSR count). The van der Waals surface area contributed by atoms with Crippen LogP contribution < -0.4 is 4.90 Å². The molecule has 0 amide bonds. The molecule has 0 spiro atoms. The van der Waals surface area contributed by atoms with Crippen molar-refractivity contribution in [2.75, 3.05) is 0 Å². The zero-order chi connectivity index (χ0) is 10.1. The Kier molecular flexibility index (Phi) is 2.31. The molecule has 4 nitrogen and oxygen atoms in total. The van der Waals surface area contributed by atoms with Crippen molar-refractivity contribution in [3.05, 3.63) is 39.6 Å². The molecule has 0 N–H and O–H groups in total. The Bertz CT molecular complexity index is 470. The van der Waals surface area contributed by atoms with E-state index < -0.39 is 0 Å². The molecule has 2 aromatic rings. The zero-order valence-electron chi connectivity index (χ0n) is 6.78. The van der Waals surface area contributed by atoms with Gasteiger partial charge in [-0.3, -0.25) is 4.63 Å². The third-order valence-corrected chi connectivity index (χ3v) is 2.40. The standard InChI is InChI=1S/C8H4Cl2N2O2/c9-6-2-1-5(3-7(6)10)8-4-12(13)14-11-8/h1-4H. The number of aromatic nitrogens is 2. The van der Waals surface area contributed by atoms with Gasteiger partial charge in [0.1, 0.15) is 0 Å². The van der Waals surface area contributed by atoms with Gasteiger partial charge >= 0.3 is 0 Å². The summed E-state index contributed by atoms with van der Waals surface area (Å²) in [5.74, 6) is 0. The number of nitrogens with zero attached hydrogens (tertiary/aromatic N) is 2. The van der Waals surface area contributed by atoms with Crippen LogP contribution >= 0.6 is 23.2 Å². The van der Waals surface area contributed by atoms with Crippen molar-refractivity contribution < 1.29 is 9.53 Å². The first-order valence-corrected chi connectivity index (χ1v) is 4.44. The lowest BCUT2D eigenvalue weighted by molar-refractivity contribution is -0.802. The molecule has 0 saturated heterocycles. The van der Waals surface area contributed by atoms with Gasteiger partial charge in [0.05, 0.1) is 10.0 Å². The summed E-state index contributed by atoms with van der Waals surface area (Å²) in [6.45, 7) is 0. The molecule has 0 aliphatic carbocycles. The Hall–Kier alpha value is -1.26. The van der Waals surface area contributed by atoms with Crippen molar-refractivity contribution in [3.8, 4) is 11.3 Å². The summed E-state index contributed by atoms with van der Waals surface area (Å²) in [5.41, 5.74) is 1.09. The SMILES string of the molecule is [O-][n+]1cc(-c2ccc(Cl)c(Cl)c2)no1. The summed E-state index contributed by atoms with van der Waals surface area (Å²) in [6, 6.07) is 4.94. The minimum Gasteiger partial charge on any atom is -0.360 e. The van der Waals surface area contributed by atoms with E-state index in [0.29, 0.717) is 21.3 Å². The van der Waals surface area contributed by atoms with E-state index in [-0.39, 0.29) is 4.90 Å². The van der Waals surface area contributed by atoms with Gasteiger partial charge in [0, 0.05) is 10.7 Å². The van der Waals surface area contributed by atoms with Gasteiger partial charge in [-0.15, -0.1) is 0 Å². The lowest BCUT2D eigenvalue weighted by Gasteiger charge is -1.95. The summed E-state index contributed by atoms with van der Waals surface area (Å²) in [6.07, 6.45) is 1.21. The van der Waals surface area contributed by atoms with Gasteiger partial charge in [-0.1, -0.05) is 23.2 Å². The molecule has 0 unspecified atom stereocenters. The highest BCUT2D eigenvalue weighted by molar-refractivity contribution is 6.42. The van der Waals surface area contributed by atoms with Gasteiger partial charge < -0.3 is 5.21 Å². The van der Waals surface area contributed by atoms with Gasteiger partial charge in [0.2, 0.25) is 5.69 Å². The van der Waals surface area contributed by atoms with Crippen LogP contribution in [0.4, 0.5) is 0 Å². The van der Waals surface area contributed by atoms with Crippen molar-refractivity contribution in [2.24, 2.45) is 0 Å². The minimum atomic E-state index is 0.262. The zero-order valence-corrected chi connectivity index (χ0v) is 8.29. The second-order valence-electron chi connectivity index (χ2n) is 2.60. The lowest BCUT2D eigenvalue weighted by Crippen LogP contribution is -2.20. The van der Waals surface area contributed by atoms with Gasteiger partial charge in [-0.05, 0) is 23.1 Å². The van der Waals surface area contributed by atoms with Crippen LogP contribution in [0.25, 0.3) is 11.3 Å². The molecule has 1 aromatic carbocycles. The van der Waals surface area contributed by atoms with E-state index in [1.165, 1.54) is 6.20 Å². The highest BCUT2D eigenvalue weighted by Gasteiger charge is 2.10. The van der Waals surface area contributed by atoms with Gasteiger partial charge in [0.25, 0.3) is 0 Å². The number of rotatable bonds is 1. The monoisotopic (exact) mass is 230 g/mol. The number of hydrogen-bond acceptors (Lipinski definition) is 3. The summed E-state index contributed by atoms with van der Waals surface area (Å²) >= 11 is 11.5. The molecule has 6 heteroatoms. The Labute approximate surface area is 89.2 Å². The van der Waals surface area contributed by atoms with E-state index in [1.54, 1.807) is 18.2 Å². The second-order valence-corrected chi connectivity index (χ2v) is 3.42. The smallest absolute Gasteiger partial charge is 0.248 e. The maximum atomic E-state index is 10.6. The van der Waals surface area contributed by atoms with E-state index in [4.69, 9.17) is 23.2 Å². The largest absolute Gasteiger partial charge is 0.360 e. The maximum absolute atomic E-state index is 10.6. The van der Waals surface area contributed by atoms with Crippen molar-refractivity contribution in [1.29, 1.82) is 0 Å². The number of hydrogen-bond donors (Lipinski definition) is 0. The molecule has 0 bridgehead atoms. The predicted molar refractivity (Wildman–Crippen MR) is 50.9 cm³/mol. The Morgan fingerprint density at radius 2 is 2.07 bits per heavy atom. The molecule has 0 aliphatic heterocycles. The van der Waals surface area contributed by atoms with Crippen LogP contribution in [-0.2, 0) is 0 Å². The normalized spacial score (nSPS) is 10.4. The van der Waals surface area contributed by atoms with Crippen molar-refractivity contribution in [1.82, 2.24) is 5.16 Å². The van der Waals surface area contributed by atoms with Gasteiger partial charge in [-0.2, -0.15) is 0 Å². The molecule has 72 valence electrons. The predicted octanol–water partition coefficient (Wildman–Crippen LogP) is 2.28. The third-order valence-electron chi connectivity index (χ3n) is 1.66. The average Bonchev–Trinajstić information content (AvgIpc) is 2.57. The fraction of sp³-hybridized carbons (Fsp3) is 0. The molecule has 0 saturated carbocycles. The van der Waals surface area contributed by atoms with Crippen LogP contribution in [0.5, 0.6) is 0 Å². The molecule has 0 radical (unpaired) electrons. The molecule has 1 heterocycles. The average molecular weight is 231 g/mol. The van der Waals surface area contributed by atoms with Crippen LogP contribution in [-0.4, -0.2) is 5.16 Å². The van der Waals surface area contributed by atoms with Crippen molar-refractivity contribution >= 4 is 23.2 Å². The van der Waals surface area contributed by atoms with E-state index in [2.05, 4.69) is 9.79 Å². The molecule has 14 heavy (non-hydrogen) atoms. The maximum Gasteiger partial charge on any atom is 0.248 e. The topological polar surface area (TPSA) is 53.0 Å². The van der Waals surface area contributed by atoms with Gasteiger partial charge in [0.15, 0.2) is 6.20 Å². The fourth-order valence-electron chi connectivity index (χ4n) is 1.01. The van der Waals surface area contributed by atoms with Crippen LogP contribution in [0.3, 0.4) is 0 Å². The first-order chi connectivity index (χ1) is 6.66. The Morgan fingerprint density at radius 3 is 2.64 bits per heavy atom. The molecule has 0 aliphatic rings. The minimum absolute atomic E-state index is 0.262. The number of halogens is 2. The molecule has 1 aromatic heterocycles. The van der Waals surface area contributed by atoms with E-state index >= 15 is 0 Å².